The van der Waals surface area contributed by atoms with Gasteiger partial charge in [-0.3, -0.25) is 9.88 Å². The maximum absolute atomic E-state index is 4.59. The predicted molar refractivity (Wildman–Crippen MR) is 90.9 cm³/mol. The number of hydrogen-bond acceptors (Lipinski definition) is 3. The van der Waals surface area contributed by atoms with E-state index < -0.39 is 0 Å². The van der Waals surface area contributed by atoms with Gasteiger partial charge in [0.2, 0.25) is 0 Å². The molecule has 1 aromatic heterocycles. The summed E-state index contributed by atoms with van der Waals surface area (Å²) in [4.78, 5) is 7.14. The number of pyridine rings is 1. The maximum Gasteiger partial charge on any atom is 0.0705 e. The fraction of sp³-hybridized carbons (Fsp3) is 0.526. The molecule has 22 heavy (non-hydrogen) atoms. The monoisotopic (exact) mass is 295 g/mol. The first-order valence-electron chi connectivity index (χ1n) is 8.50. The van der Waals surface area contributed by atoms with Crippen molar-refractivity contribution in [3.63, 3.8) is 0 Å². The van der Waals surface area contributed by atoms with Crippen LogP contribution in [0.2, 0.25) is 0 Å². The van der Waals surface area contributed by atoms with Gasteiger partial charge in [-0.1, -0.05) is 12.1 Å². The van der Waals surface area contributed by atoms with Crippen molar-refractivity contribution in [1.29, 1.82) is 0 Å². The third kappa shape index (κ3) is 2.75. The first-order valence-corrected chi connectivity index (χ1v) is 8.50. The summed E-state index contributed by atoms with van der Waals surface area (Å²) < 4.78 is 0. The standard InChI is InChI=1S/C19H25N3/c1-13-3-5-15-9-14(4-8-19(15)20-13)12-22(2)18-10-16-6-7-17(11-18)21-16/h3-5,8-9,16-18,21H,6-7,10-12H2,1-2H3. The Hall–Kier alpha value is -1.45. The summed E-state index contributed by atoms with van der Waals surface area (Å²) >= 11 is 0. The summed E-state index contributed by atoms with van der Waals surface area (Å²) in [6.07, 6.45) is 5.36. The lowest BCUT2D eigenvalue weighted by atomic mass is 9.98. The Bertz CT molecular complexity index is 669. The first kappa shape index (κ1) is 14.2. The van der Waals surface area contributed by atoms with Gasteiger partial charge in [0.1, 0.15) is 0 Å². The van der Waals surface area contributed by atoms with Crippen molar-refractivity contribution < 1.29 is 0 Å². The van der Waals surface area contributed by atoms with Gasteiger partial charge in [-0.15, -0.1) is 0 Å². The molecule has 1 aromatic carbocycles. The van der Waals surface area contributed by atoms with Gasteiger partial charge < -0.3 is 5.32 Å². The van der Waals surface area contributed by atoms with Crippen LogP contribution in [0.4, 0.5) is 0 Å². The van der Waals surface area contributed by atoms with E-state index in [1.165, 1.54) is 36.6 Å². The molecule has 2 atom stereocenters. The second kappa shape index (κ2) is 5.64. The van der Waals surface area contributed by atoms with Crippen molar-refractivity contribution in [2.24, 2.45) is 0 Å². The van der Waals surface area contributed by atoms with Gasteiger partial charge in [-0.2, -0.15) is 0 Å². The third-order valence-corrected chi connectivity index (χ3v) is 5.40. The van der Waals surface area contributed by atoms with E-state index in [1.54, 1.807) is 0 Å². The second-order valence-corrected chi connectivity index (χ2v) is 7.16. The highest BCUT2D eigenvalue weighted by atomic mass is 15.2. The third-order valence-electron chi connectivity index (χ3n) is 5.40. The average molecular weight is 295 g/mol. The zero-order valence-electron chi connectivity index (χ0n) is 13.5. The molecule has 0 radical (unpaired) electrons. The molecule has 2 saturated heterocycles. The number of benzene rings is 1. The van der Waals surface area contributed by atoms with E-state index in [2.05, 4.69) is 52.6 Å². The van der Waals surface area contributed by atoms with Crippen LogP contribution in [0.3, 0.4) is 0 Å². The van der Waals surface area contributed by atoms with Crippen LogP contribution >= 0.6 is 0 Å². The van der Waals surface area contributed by atoms with Crippen LogP contribution in [0, 0.1) is 6.92 Å². The topological polar surface area (TPSA) is 28.2 Å². The van der Waals surface area contributed by atoms with E-state index in [9.17, 15) is 0 Å². The van der Waals surface area contributed by atoms with E-state index >= 15 is 0 Å². The fourth-order valence-corrected chi connectivity index (χ4v) is 4.18. The smallest absolute Gasteiger partial charge is 0.0705 e. The van der Waals surface area contributed by atoms with Crippen molar-refractivity contribution in [1.82, 2.24) is 15.2 Å². The van der Waals surface area contributed by atoms with Gasteiger partial charge >= 0.3 is 0 Å². The molecular weight excluding hydrogens is 270 g/mol. The highest BCUT2D eigenvalue weighted by Crippen LogP contribution is 2.30. The highest BCUT2D eigenvalue weighted by Gasteiger charge is 2.34. The van der Waals surface area contributed by atoms with Crippen molar-refractivity contribution in [3.8, 4) is 0 Å². The van der Waals surface area contributed by atoms with Crippen LogP contribution < -0.4 is 5.32 Å². The minimum Gasteiger partial charge on any atom is -0.311 e. The zero-order chi connectivity index (χ0) is 15.1. The molecule has 2 aromatic rings. The Morgan fingerprint density at radius 3 is 2.68 bits per heavy atom. The summed E-state index contributed by atoms with van der Waals surface area (Å²) in [7, 11) is 2.28. The quantitative estimate of drug-likeness (QED) is 0.942. The normalized spacial score (nSPS) is 27.7. The second-order valence-electron chi connectivity index (χ2n) is 7.16. The van der Waals surface area contributed by atoms with Crippen LogP contribution in [-0.4, -0.2) is 35.1 Å². The predicted octanol–water partition coefficient (Wildman–Crippen LogP) is 3.26. The number of piperidine rings is 1. The molecule has 2 fully saturated rings. The molecule has 116 valence electrons. The molecule has 0 amide bonds. The SMILES string of the molecule is Cc1ccc2cc(CN(C)C3CC4CCC(C3)N4)ccc2n1. The molecule has 0 aliphatic carbocycles. The Morgan fingerprint density at radius 1 is 1.14 bits per heavy atom. The van der Waals surface area contributed by atoms with Crippen LogP contribution in [-0.2, 0) is 6.54 Å². The maximum atomic E-state index is 4.59. The van der Waals surface area contributed by atoms with Gasteiger partial charge in [-0.05, 0) is 63.4 Å². The lowest BCUT2D eigenvalue weighted by Crippen LogP contribution is -2.46. The molecule has 1 N–H and O–H groups in total. The number of aryl methyl sites for hydroxylation is 1. The molecule has 3 nitrogen and oxygen atoms in total. The fourth-order valence-electron chi connectivity index (χ4n) is 4.18. The Balaban J connectivity index is 1.49. The van der Waals surface area contributed by atoms with E-state index in [0.717, 1.165) is 35.9 Å². The molecule has 2 bridgehead atoms. The number of rotatable bonds is 3. The van der Waals surface area contributed by atoms with Crippen molar-refractivity contribution in [2.75, 3.05) is 7.05 Å². The lowest BCUT2D eigenvalue weighted by molar-refractivity contribution is 0.166. The molecule has 4 rings (SSSR count). The first-order chi connectivity index (χ1) is 10.7. The number of hydrogen-bond donors (Lipinski definition) is 1. The number of nitrogens with zero attached hydrogens (tertiary/aromatic N) is 2. The Morgan fingerprint density at radius 2 is 1.91 bits per heavy atom. The van der Waals surface area contributed by atoms with Crippen LogP contribution in [0.15, 0.2) is 30.3 Å². The number of aromatic nitrogens is 1. The molecule has 3 heterocycles. The van der Waals surface area contributed by atoms with Crippen molar-refractivity contribution in [2.45, 2.75) is 57.3 Å². The minimum atomic E-state index is 0.727. The van der Waals surface area contributed by atoms with E-state index in [1.807, 2.05) is 6.92 Å². The number of fused-ring (bicyclic) bond motifs is 3. The van der Waals surface area contributed by atoms with Gasteiger partial charge in [0.25, 0.3) is 0 Å². The molecule has 3 heteroatoms. The minimum absolute atomic E-state index is 0.727. The van der Waals surface area contributed by atoms with Crippen LogP contribution in [0.1, 0.15) is 36.9 Å². The van der Waals surface area contributed by atoms with Crippen LogP contribution in [0.5, 0.6) is 0 Å². The summed E-state index contributed by atoms with van der Waals surface area (Å²) in [6.45, 7) is 3.08. The zero-order valence-corrected chi connectivity index (χ0v) is 13.5. The van der Waals surface area contributed by atoms with Crippen LogP contribution in [0.25, 0.3) is 10.9 Å². The van der Waals surface area contributed by atoms with E-state index in [0.29, 0.717) is 0 Å². The lowest BCUT2D eigenvalue weighted by Gasteiger charge is -2.35. The molecular formula is C19H25N3. The average Bonchev–Trinajstić information content (AvgIpc) is 2.85. The van der Waals surface area contributed by atoms with Crippen molar-refractivity contribution in [3.05, 3.63) is 41.6 Å². The molecule has 2 aliphatic rings. The largest absolute Gasteiger partial charge is 0.311 e. The highest BCUT2D eigenvalue weighted by molar-refractivity contribution is 5.79. The summed E-state index contributed by atoms with van der Waals surface area (Å²) in [5.74, 6) is 0. The summed E-state index contributed by atoms with van der Waals surface area (Å²) in [5, 5.41) is 4.99. The van der Waals surface area contributed by atoms with Gasteiger partial charge in [0, 0.05) is 35.8 Å². The molecule has 2 unspecified atom stereocenters. The Kier molecular flexibility index (Phi) is 3.63. The summed E-state index contributed by atoms with van der Waals surface area (Å²) in [5.41, 5.74) is 3.58. The van der Waals surface area contributed by atoms with E-state index in [-0.39, 0.29) is 0 Å². The molecule has 0 saturated carbocycles. The summed E-state index contributed by atoms with van der Waals surface area (Å²) in [6, 6.07) is 13.2. The Labute approximate surface area is 132 Å². The van der Waals surface area contributed by atoms with Crippen molar-refractivity contribution >= 4 is 10.9 Å². The van der Waals surface area contributed by atoms with E-state index in [4.69, 9.17) is 0 Å². The van der Waals surface area contributed by atoms with Gasteiger partial charge in [-0.25, -0.2) is 0 Å². The van der Waals surface area contributed by atoms with Gasteiger partial charge in [0.05, 0.1) is 5.52 Å². The molecule has 0 spiro atoms. The number of nitrogens with one attached hydrogen (secondary N) is 1. The van der Waals surface area contributed by atoms with Gasteiger partial charge in [0.15, 0.2) is 0 Å². The molecule has 2 aliphatic heterocycles.